The van der Waals surface area contributed by atoms with Crippen LogP contribution in [0, 0.1) is 0 Å². The van der Waals surface area contributed by atoms with Crippen LogP contribution in [0.15, 0.2) is 18.2 Å². The first-order valence-electron chi connectivity index (χ1n) is 7.61. The fraction of sp³-hybridized carbons (Fsp3) is 0.562. The average molecular weight is 272 g/mol. The molecule has 0 spiro atoms. The Morgan fingerprint density at radius 1 is 1.10 bits per heavy atom. The lowest BCUT2D eigenvalue weighted by Gasteiger charge is -2.27. The Kier molecular flexibility index (Phi) is 2.91. The smallest absolute Gasteiger partial charge is 0.251 e. The normalized spacial score (nSPS) is 24.7. The highest BCUT2D eigenvalue weighted by Gasteiger charge is 2.31. The molecule has 4 heteroatoms. The van der Waals surface area contributed by atoms with Gasteiger partial charge >= 0.3 is 0 Å². The van der Waals surface area contributed by atoms with Gasteiger partial charge in [-0.3, -0.25) is 4.79 Å². The summed E-state index contributed by atoms with van der Waals surface area (Å²) in [5, 5.41) is 6.67. The number of carbonyl (C=O) groups is 1. The summed E-state index contributed by atoms with van der Waals surface area (Å²) in [4.78, 5) is 12.3. The molecule has 20 heavy (non-hydrogen) atoms. The first-order chi connectivity index (χ1) is 9.79. The van der Waals surface area contributed by atoms with E-state index < -0.39 is 0 Å². The van der Waals surface area contributed by atoms with E-state index in [4.69, 9.17) is 4.74 Å². The second kappa shape index (κ2) is 4.77. The predicted octanol–water partition coefficient (Wildman–Crippen LogP) is 1.63. The predicted molar refractivity (Wildman–Crippen MR) is 76.1 cm³/mol. The fourth-order valence-corrected chi connectivity index (χ4v) is 2.80. The summed E-state index contributed by atoms with van der Waals surface area (Å²) in [7, 11) is 0. The maximum atomic E-state index is 12.3. The van der Waals surface area contributed by atoms with Gasteiger partial charge in [-0.25, -0.2) is 0 Å². The van der Waals surface area contributed by atoms with Gasteiger partial charge in [0.15, 0.2) is 0 Å². The van der Waals surface area contributed by atoms with Crippen LogP contribution in [0.5, 0.6) is 5.75 Å². The zero-order valence-electron chi connectivity index (χ0n) is 11.5. The van der Waals surface area contributed by atoms with E-state index in [9.17, 15) is 4.79 Å². The van der Waals surface area contributed by atoms with Crippen LogP contribution in [0.4, 0.5) is 0 Å². The van der Waals surface area contributed by atoms with E-state index in [-0.39, 0.29) is 5.91 Å². The fourth-order valence-electron chi connectivity index (χ4n) is 2.80. The van der Waals surface area contributed by atoms with Crippen molar-refractivity contribution >= 4 is 5.91 Å². The Morgan fingerprint density at radius 3 is 2.65 bits per heavy atom. The number of nitrogens with one attached hydrogen (secondary N) is 2. The van der Waals surface area contributed by atoms with Crippen molar-refractivity contribution in [1.82, 2.24) is 10.6 Å². The number of hydrogen-bond acceptors (Lipinski definition) is 3. The molecule has 2 aliphatic carbocycles. The van der Waals surface area contributed by atoms with Crippen molar-refractivity contribution in [3.63, 3.8) is 0 Å². The van der Waals surface area contributed by atoms with E-state index in [1.807, 2.05) is 18.2 Å². The van der Waals surface area contributed by atoms with E-state index >= 15 is 0 Å². The van der Waals surface area contributed by atoms with Crippen LogP contribution >= 0.6 is 0 Å². The largest absolute Gasteiger partial charge is 0.492 e. The summed E-state index contributed by atoms with van der Waals surface area (Å²) in [6, 6.07) is 7.19. The Labute approximate surface area is 118 Å². The van der Waals surface area contributed by atoms with Gasteiger partial charge in [0.2, 0.25) is 0 Å². The Bertz CT molecular complexity index is 535. The molecule has 0 radical (unpaired) electrons. The van der Waals surface area contributed by atoms with Crippen LogP contribution in [-0.2, 0) is 6.42 Å². The van der Waals surface area contributed by atoms with Crippen molar-refractivity contribution < 1.29 is 9.53 Å². The zero-order valence-corrected chi connectivity index (χ0v) is 11.5. The monoisotopic (exact) mass is 272 g/mol. The molecule has 4 rings (SSSR count). The summed E-state index contributed by atoms with van der Waals surface area (Å²) >= 11 is 0. The average Bonchev–Trinajstić information content (AvgIpc) is 3.34. The molecule has 1 aromatic rings. The summed E-state index contributed by atoms with van der Waals surface area (Å²) in [5.41, 5.74) is 1.85. The summed E-state index contributed by atoms with van der Waals surface area (Å²) in [6.45, 7) is 0.706. The number of ether oxygens (including phenoxy) is 1. The van der Waals surface area contributed by atoms with Gasteiger partial charge in [0.25, 0.3) is 5.91 Å². The second-order valence-electron chi connectivity index (χ2n) is 6.18. The lowest BCUT2D eigenvalue weighted by molar-refractivity contribution is 0.0948. The van der Waals surface area contributed by atoms with Crippen LogP contribution in [0.25, 0.3) is 0 Å². The highest BCUT2D eigenvalue weighted by Crippen LogP contribution is 2.30. The van der Waals surface area contributed by atoms with Gasteiger partial charge in [0.1, 0.15) is 12.4 Å². The summed E-state index contributed by atoms with van der Waals surface area (Å²) < 4.78 is 5.83. The van der Waals surface area contributed by atoms with Crippen molar-refractivity contribution in [2.75, 3.05) is 6.61 Å². The molecule has 2 fully saturated rings. The molecule has 1 aliphatic heterocycles. The van der Waals surface area contributed by atoms with E-state index in [0.29, 0.717) is 24.7 Å². The minimum absolute atomic E-state index is 0.0556. The molecular weight excluding hydrogens is 252 g/mol. The van der Waals surface area contributed by atoms with Crippen molar-refractivity contribution in [2.45, 2.75) is 50.2 Å². The lowest BCUT2D eigenvalue weighted by atomic mass is 9.96. The Balaban J connectivity index is 1.55. The van der Waals surface area contributed by atoms with E-state index in [2.05, 4.69) is 10.6 Å². The molecule has 1 amide bonds. The molecule has 2 N–H and O–H groups in total. The third kappa shape index (κ3) is 2.52. The molecular formula is C16H20N2O2. The van der Waals surface area contributed by atoms with Crippen LogP contribution in [0.1, 0.15) is 41.6 Å². The number of hydrogen-bond donors (Lipinski definition) is 2. The number of benzene rings is 1. The van der Waals surface area contributed by atoms with Gasteiger partial charge < -0.3 is 15.4 Å². The molecule has 0 bridgehead atoms. The standard InChI is InChI=1S/C16H20N2O2/c19-16(18-11-6-7-11)13-2-1-3-15-14(13)8-12(9-20-15)17-10-4-5-10/h1-3,10-12,17H,4-9H2,(H,18,19). The van der Waals surface area contributed by atoms with Crippen LogP contribution in [-0.4, -0.2) is 30.6 Å². The number of carbonyl (C=O) groups excluding carboxylic acids is 1. The molecule has 1 unspecified atom stereocenters. The zero-order chi connectivity index (χ0) is 13.5. The highest BCUT2D eigenvalue weighted by atomic mass is 16.5. The minimum atomic E-state index is 0.0556. The van der Waals surface area contributed by atoms with Gasteiger partial charge in [0.05, 0.1) is 0 Å². The van der Waals surface area contributed by atoms with Gasteiger partial charge in [-0.2, -0.15) is 0 Å². The van der Waals surface area contributed by atoms with E-state index in [0.717, 1.165) is 36.1 Å². The van der Waals surface area contributed by atoms with Crippen LogP contribution in [0.3, 0.4) is 0 Å². The summed E-state index contributed by atoms with van der Waals surface area (Å²) in [6.07, 6.45) is 5.66. The van der Waals surface area contributed by atoms with Gasteiger partial charge in [-0.15, -0.1) is 0 Å². The van der Waals surface area contributed by atoms with Gasteiger partial charge in [-0.1, -0.05) is 6.07 Å². The van der Waals surface area contributed by atoms with E-state index in [1.54, 1.807) is 0 Å². The highest BCUT2D eigenvalue weighted by molar-refractivity contribution is 5.96. The number of amides is 1. The third-order valence-electron chi connectivity index (χ3n) is 4.23. The van der Waals surface area contributed by atoms with Gasteiger partial charge in [-0.05, 0) is 44.2 Å². The molecule has 0 saturated heterocycles. The molecule has 0 aromatic heterocycles. The molecule has 4 nitrogen and oxygen atoms in total. The van der Waals surface area contributed by atoms with Crippen molar-refractivity contribution in [2.24, 2.45) is 0 Å². The molecule has 106 valence electrons. The first-order valence-corrected chi connectivity index (χ1v) is 7.61. The van der Waals surface area contributed by atoms with Crippen LogP contribution in [0.2, 0.25) is 0 Å². The Hall–Kier alpha value is -1.55. The molecule has 2 saturated carbocycles. The van der Waals surface area contributed by atoms with Crippen molar-refractivity contribution in [1.29, 1.82) is 0 Å². The maximum absolute atomic E-state index is 12.3. The molecule has 1 atom stereocenters. The lowest BCUT2D eigenvalue weighted by Crippen LogP contribution is -2.41. The maximum Gasteiger partial charge on any atom is 0.251 e. The van der Waals surface area contributed by atoms with Crippen molar-refractivity contribution in [3.8, 4) is 5.75 Å². The topological polar surface area (TPSA) is 50.4 Å². The van der Waals surface area contributed by atoms with Crippen LogP contribution < -0.4 is 15.4 Å². The molecule has 3 aliphatic rings. The first kappa shape index (κ1) is 12.2. The van der Waals surface area contributed by atoms with E-state index in [1.165, 1.54) is 12.8 Å². The van der Waals surface area contributed by atoms with Crippen molar-refractivity contribution in [3.05, 3.63) is 29.3 Å². The molecule has 1 heterocycles. The second-order valence-corrected chi connectivity index (χ2v) is 6.18. The number of rotatable bonds is 4. The number of fused-ring (bicyclic) bond motifs is 1. The SMILES string of the molecule is O=C(NC1CC1)c1cccc2c1CC(NC1CC1)CO2. The van der Waals surface area contributed by atoms with Gasteiger partial charge in [0, 0.05) is 29.3 Å². The summed E-state index contributed by atoms with van der Waals surface area (Å²) in [5.74, 6) is 0.933. The molecule has 1 aromatic carbocycles. The Morgan fingerprint density at radius 2 is 1.90 bits per heavy atom. The third-order valence-corrected chi connectivity index (χ3v) is 4.23. The minimum Gasteiger partial charge on any atom is -0.492 e. The quantitative estimate of drug-likeness (QED) is 0.876.